The minimum atomic E-state index is -0.298. The number of carbonyl (C=O) groups excluding carboxylic acids is 1. The summed E-state index contributed by atoms with van der Waals surface area (Å²) in [7, 11) is 0. The van der Waals surface area contributed by atoms with Crippen molar-refractivity contribution in [2.75, 3.05) is 13.4 Å². The molecule has 1 heterocycles. The number of benzene rings is 1. The number of carbonyl (C=O) groups is 1. The van der Waals surface area contributed by atoms with Crippen molar-refractivity contribution in [3.63, 3.8) is 0 Å². The van der Waals surface area contributed by atoms with Gasteiger partial charge < -0.3 is 14.2 Å². The molecule has 0 N–H and O–H groups in total. The molecule has 128 valence electrons. The molecular weight excluding hydrogens is 304 g/mol. The number of unbranched alkanes of at least 4 members (excludes halogenated alkanes) is 2. The Morgan fingerprint density at radius 3 is 2.83 bits per heavy atom. The second-order valence-corrected chi connectivity index (χ2v) is 5.33. The Morgan fingerprint density at radius 1 is 1.12 bits per heavy atom. The summed E-state index contributed by atoms with van der Waals surface area (Å²) in [6, 6.07) is 6.06. The first-order chi connectivity index (χ1) is 11.8. The minimum absolute atomic E-state index is 0.298. The molecule has 0 spiro atoms. The number of rotatable bonds is 9. The lowest BCUT2D eigenvalue weighted by atomic mass is 10.1. The Labute approximate surface area is 143 Å². The number of hydrogen-bond acceptors (Lipinski definition) is 4. The Bertz CT molecular complexity index is 614. The van der Waals surface area contributed by atoms with Crippen LogP contribution in [0.2, 0.25) is 0 Å². The molecule has 0 amide bonds. The maximum Gasteiger partial charge on any atom is 0.330 e. The zero-order chi connectivity index (χ0) is 17.0. The number of hydrogen-bond donors (Lipinski definition) is 0. The first-order valence-corrected chi connectivity index (χ1v) is 8.33. The van der Waals surface area contributed by atoms with Gasteiger partial charge in [-0.15, -0.1) is 0 Å². The second kappa shape index (κ2) is 10.3. The van der Waals surface area contributed by atoms with Gasteiger partial charge in [0, 0.05) is 6.08 Å². The highest BCUT2D eigenvalue weighted by atomic mass is 16.7. The molecule has 0 saturated heterocycles. The van der Waals surface area contributed by atoms with Gasteiger partial charge in [0.25, 0.3) is 0 Å². The SMILES string of the molecule is CCOC(=O)/C=C/C=C/CCC/C=C/Cc1ccc2c(c1)OCO2. The number of esters is 1. The van der Waals surface area contributed by atoms with Gasteiger partial charge in [0.05, 0.1) is 6.61 Å². The highest BCUT2D eigenvalue weighted by Crippen LogP contribution is 2.32. The van der Waals surface area contributed by atoms with E-state index in [1.165, 1.54) is 11.6 Å². The summed E-state index contributed by atoms with van der Waals surface area (Å²) >= 11 is 0. The van der Waals surface area contributed by atoms with E-state index < -0.39 is 0 Å². The van der Waals surface area contributed by atoms with Crippen molar-refractivity contribution in [1.82, 2.24) is 0 Å². The zero-order valence-electron chi connectivity index (χ0n) is 14.1. The monoisotopic (exact) mass is 328 g/mol. The molecule has 0 aromatic heterocycles. The molecule has 1 aromatic carbocycles. The molecular formula is C20H24O4. The first kappa shape index (κ1) is 17.9. The molecule has 0 fully saturated rings. The predicted octanol–water partition coefficient (Wildman–Crippen LogP) is 4.36. The lowest BCUT2D eigenvalue weighted by Gasteiger charge is -1.99. The molecule has 0 unspecified atom stereocenters. The minimum Gasteiger partial charge on any atom is -0.463 e. The fourth-order valence-electron chi connectivity index (χ4n) is 2.26. The van der Waals surface area contributed by atoms with Gasteiger partial charge in [0.1, 0.15) is 0 Å². The maximum absolute atomic E-state index is 11.1. The second-order valence-electron chi connectivity index (χ2n) is 5.33. The van der Waals surface area contributed by atoms with Gasteiger partial charge in [0.2, 0.25) is 6.79 Å². The van der Waals surface area contributed by atoms with E-state index in [0.717, 1.165) is 37.2 Å². The molecule has 1 aromatic rings. The van der Waals surface area contributed by atoms with Crippen LogP contribution in [0.25, 0.3) is 0 Å². The highest BCUT2D eigenvalue weighted by Gasteiger charge is 2.12. The van der Waals surface area contributed by atoms with Crippen LogP contribution >= 0.6 is 0 Å². The summed E-state index contributed by atoms with van der Waals surface area (Å²) in [5.41, 5.74) is 1.22. The molecule has 4 nitrogen and oxygen atoms in total. The molecule has 0 radical (unpaired) electrons. The molecule has 1 aliphatic rings. The van der Waals surface area contributed by atoms with Crippen LogP contribution in [0.5, 0.6) is 11.5 Å². The van der Waals surface area contributed by atoms with Crippen LogP contribution in [0.4, 0.5) is 0 Å². The van der Waals surface area contributed by atoms with E-state index in [1.54, 1.807) is 13.0 Å². The topological polar surface area (TPSA) is 44.8 Å². The lowest BCUT2D eigenvalue weighted by Crippen LogP contribution is -1.98. The third-order valence-electron chi connectivity index (χ3n) is 3.46. The van der Waals surface area contributed by atoms with Crippen molar-refractivity contribution in [2.24, 2.45) is 0 Å². The summed E-state index contributed by atoms with van der Waals surface area (Å²) in [6.07, 6.45) is 15.5. The average molecular weight is 328 g/mol. The molecule has 2 rings (SSSR count). The molecule has 1 aliphatic heterocycles. The van der Waals surface area contributed by atoms with E-state index in [9.17, 15) is 4.79 Å². The summed E-state index contributed by atoms with van der Waals surface area (Å²) in [5, 5.41) is 0. The van der Waals surface area contributed by atoms with Crippen LogP contribution in [0, 0.1) is 0 Å². The summed E-state index contributed by atoms with van der Waals surface area (Å²) in [5.74, 6) is 1.36. The van der Waals surface area contributed by atoms with E-state index in [1.807, 2.05) is 18.2 Å². The van der Waals surface area contributed by atoms with E-state index in [4.69, 9.17) is 14.2 Å². The van der Waals surface area contributed by atoms with Crippen molar-refractivity contribution < 1.29 is 19.0 Å². The third kappa shape index (κ3) is 6.32. The number of fused-ring (bicyclic) bond motifs is 1. The van der Waals surface area contributed by atoms with Gasteiger partial charge in [-0.05, 0) is 50.3 Å². The van der Waals surface area contributed by atoms with Crippen LogP contribution in [-0.2, 0) is 16.0 Å². The van der Waals surface area contributed by atoms with Gasteiger partial charge in [0.15, 0.2) is 11.5 Å². The quantitative estimate of drug-likeness (QED) is 0.222. The zero-order valence-corrected chi connectivity index (χ0v) is 14.1. The molecule has 0 atom stereocenters. The fourth-order valence-corrected chi connectivity index (χ4v) is 2.26. The Morgan fingerprint density at radius 2 is 1.96 bits per heavy atom. The van der Waals surface area contributed by atoms with Crippen LogP contribution in [0.1, 0.15) is 31.7 Å². The average Bonchev–Trinajstić information content (AvgIpc) is 3.04. The smallest absolute Gasteiger partial charge is 0.330 e. The van der Waals surface area contributed by atoms with Crippen LogP contribution in [0.3, 0.4) is 0 Å². The Balaban J connectivity index is 1.57. The van der Waals surface area contributed by atoms with Gasteiger partial charge >= 0.3 is 5.97 Å². The van der Waals surface area contributed by atoms with Crippen LogP contribution in [-0.4, -0.2) is 19.4 Å². The molecule has 4 heteroatoms. The molecule has 24 heavy (non-hydrogen) atoms. The van der Waals surface area contributed by atoms with Crippen molar-refractivity contribution in [2.45, 2.75) is 32.6 Å². The largest absolute Gasteiger partial charge is 0.463 e. The Kier molecular flexibility index (Phi) is 7.68. The lowest BCUT2D eigenvalue weighted by molar-refractivity contribution is -0.137. The standard InChI is InChI=1S/C20H24O4/c1-2-22-20(21)12-10-8-6-4-3-5-7-9-11-17-13-14-18-19(15-17)24-16-23-18/h6-10,12-15H,2-5,11,16H2,1H3/b8-6+,9-7+,12-10+. The van der Waals surface area contributed by atoms with Crippen LogP contribution < -0.4 is 9.47 Å². The van der Waals surface area contributed by atoms with Crippen molar-refractivity contribution in [3.05, 3.63) is 60.2 Å². The van der Waals surface area contributed by atoms with Crippen molar-refractivity contribution in [3.8, 4) is 11.5 Å². The number of ether oxygens (including phenoxy) is 3. The first-order valence-electron chi connectivity index (χ1n) is 8.33. The van der Waals surface area contributed by atoms with Gasteiger partial charge in [-0.2, -0.15) is 0 Å². The summed E-state index contributed by atoms with van der Waals surface area (Å²) < 4.78 is 15.5. The van der Waals surface area contributed by atoms with E-state index in [0.29, 0.717) is 13.4 Å². The predicted molar refractivity (Wildman–Crippen MR) is 94.2 cm³/mol. The van der Waals surface area contributed by atoms with Gasteiger partial charge in [-0.3, -0.25) is 0 Å². The maximum atomic E-state index is 11.1. The van der Waals surface area contributed by atoms with E-state index >= 15 is 0 Å². The molecule has 0 bridgehead atoms. The van der Waals surface area contributed by atoms with E-state index in [2.05, 4.69) is 24.3 Å². The van der Waals surface area contributed by atoms with E-state index in [-0.39, 0.29) is 5.97 Å². The molecule has 0 aliphatic carbocycles. The highest BCUT2D eigenvalue weighted by molar-refractivity contribution is 5.82. The van der Waals surface area contributed by atoms with Crippen molar-refractivity contribution >= 4 is 5.97 Å². The van der Waals surface area contributed by atoms with Crippen molar-refractivity contribution in [1.29, 1.82) is 0 Å². The Hall–Kier alpha value is -2.49. The van der Waals surface area contributed by atoms with Gasteiger partial charge in [-0.25, -0.2) is 4.79 Å². The molecule has 0 saturated carbocycles. The van der Waals surface area contributed by atoms with Crippen LogP contribution in [0.15, 0.2) is 54.7 Å². The third-order valence-corrected chi connectivity index (χ3v) is 3.46. The summed E-state index contributed by atoms with van der Waals surface area (Å²) in [6.45, 7) is 2.52. The normalized spacial score (nSPS) is 13.4. The summed E-state index contributed by atoms with van der Waals surface area (Å²) in [4.78, 5) is 11.1. The van der Waals surface area contributed by atoms with Gasteiger partial charge in [-0.1, -0.05) is 36.4 Å². The fraction of sp³-hybridized carbons (Fsp3) is 0.350. The number of allylic oxidation sites excluding steroid dienone is 5.